The molecular formula is C22H14ClFN2O2. The molecule has 1 N–H and O–H groups in total. The van der Waals surface area contributed by atoms with Crippen molar-refractivity contribution >= 4 is 34.5 Å². The van der Waals surface area contributed by atoms with E-state index in [-0.39, 0.29) is 11.4 Å². The number of fused-ring (bicyclic) bond motifs is 1. The van der Waals surface area contributed by atoms with Gasteiger partial charge in [-0.05, 0) is 48.0 Å². The Kier molecular flexibility index (Phi) is 4.67. The summed E-state index contributed by atoms with van der Waals surface area (Å²) >= 11 is 5.96. The summed E-state index contributed by atoms with van der Waals surface area (Å²) in [4.78, 5) is 25.6. The fraction of sp³-hybridized carbons (Fsp3) is 0. The maximum atomic E-state index is 13.8. The number of carbonyl (C=O) groups excluding carboxylic acids is 2. The first-order chi connectivity index (χ1) is 13.5. The van der Waals surface area contributed by atoms with Gasteiger partial charge in [0.15, 0.2) is 0 Å². The second kappa shape index (κ2) is 7.29. The van der Waals surface area contributed by atoms with Crippen molar-refractivity contribution in [3.8, 4) is 11.1 Å². The first-order valence-corrected chi connectivity index (χ1v) is 8.88. The zero-order chi connectivity index (χ0) is 19.7. The number of amides is 1. The van der Waals surface area contributed by atoms with E-state index in [1.165, 1.54) is 18.2 Å². The van der Waals surface area contributed by atoms with Crippen molar-refractivity contribution in [2.75, 3.05) is 5.32 Å². The van der Waals surface area contributed by atoms with E-state index in [4.69, 9.17) is 11.6 Å². The Morgan fingerprint density at radius 3 is 2.39 bits per heavy atom. The van der Waals surface area contributed by atoms with Crippen LogP contribution in [0.15, 0.2) is 79.0 Å². The highest BCUT2D eigenvalue weighted by Crippen LogP contribution is 2.29. The summed E-state index contributed by atoms with van der Waals surface area (Å²) in [6.45, 7) is 0. The van der Waals surface area contributed by atoms with Crippen LogP contribution in [-0.4, -0.2) is 16.1 Å². The van der Waals surface area contributed by atoms with Gasteiger partial charge in [-0.2, -0.15) is 0 Å². The Balaban J connectivity index is 1.79. The number of pyridine rings is 1. The molecule has 0 aliphatic heterocycles. The number of nitrogens with one attached hydrogen (secondary N) is 1. The molecule has 138 valence electrons. The number of benzene rings is 2. The number of hydrogen-bond donors (Lipinski definition) is 1. The van der Waals surface area contributed by atoms with Gasteiger partial charge >= 0.3 is 0 Å². The molecule has 0 bridgehead atoms. The zero-order valence-corrected chi connectivity index (χ0v) is 15.3. The number of nitrogens with zero attached hydrogens (tertiary/aromatic N) is 1. The van der Waals surface area contributed by atoms with Crippen LogP contribution >= 0.6 is 11.6 Å². The molecule has 4 nitrogen and oxygen atoms in total. The average Bonchev–Trinajstić information content (AvgIpc) is 3.09. The monoisotopic (exact) mass is 392 g/mol. The summed E-state index contributed by atoms with van der Waals surface area (Å²) in [5, 5.41) is 2.92. The topological polar surface area (TPSA) is 50.6 Å². The smallest absolute Gasteiger partial charge is 0.298 e. The predicted octanol–water partition coefficient (Wildman–Crippen LogP) is 5.22. The fourth-order valence-electron chi connectivity index (χ4n) is 3.05. The molecule has 0 saturated carbocycles. The van der Waals surface area contributed by atoms with Crippen LogP contribution in [0, 0.1) is 5.82 Å². The molecule has 28 heavy (non-hydrogen) atoms. The fourth-order valence-corrected chi connectivity index (χ4v) is 3.18. The normalized spacial score (nSPS) is 10.8. The van der Waals surface area contributed by atoms with Crippen LogP contribution in [0.2, 0.25) is 5.02 Å². The molecule has 4 aromatic rings. The summed E-state index contributed by atoms with van der Waals surface area (Å²) in [6, 6.07) is 20.0. The zero-order valence-electron chi connectivity index (χ0n) is 14.5. The van der Waals surface area contributed by atoms with Crippen molar-refractivity contribution in [2.45, 2.75) is 0 Å². The van der Waals surface area contributed by atoms with E-state index in [1.54, 1.807) is 47.0 Å². The highest BCUT2D eigenvalue weighted by atomic mass is 35.5. The van der Waals surface area contributed by atoms with Gasteiger partial charge in [-0.15, -0.1) is 0 Å². The van der Waals surface area contributed by atoms with Gasteiger partial charge in [0.05, 0.1) is 5.69 Å². The van der Waals surface area contributed by atoms with Crippen molar-refractivity contribution in [3.63, 3.8) is 0 Å². The number of anilines is 1. The van der Waals surface area contributed by atoms with Crippen molar-refractivity contribution in [1.82, 2.24) is 4.40 Å². The largest absolute Gasteiger partial charge is 0.317 e. The van der Waals surface area contributed by atoms with Crippen LogP contribution < -0.4 is 5.32 Å². The number of halogens is 2. The molecule has 0 spiro atoms. The Morgan fingerprint density at radius 2 is 1.64 bits per heavy atom. The molecule has 0 aliphatic rings. The number of rotatable bonds is 4. The number of hydrogen-bond acceptors (Lipinski definition) is 2. The highest BCUT2D eigenvalue weighted by molar-refractivity contribution is 6.47. The molecule has 0 saturated heterocycles. The molecule has 0 fully saturated rings. The minimum Gasteiger partial charge on any atom is -0.317 e. The number of ketones is 1. The van der Waals surface area contributed by atoms with Crippen LogP contribution in [-0.2, 0) is 4.79 Å². The van der Waals surface area contributed by atoms with Gasteiger partial charge in [0.2, 0.25) is 0 Å². The Bertz CT molecular complexity index is 1200. The molecule has 0 atom stereocenters. The summed E-state index contributed by atoms with van der Waals surface area (Å²) in [7, 11) is 0. The van der Waals surface area contributed by atoms with E-state index >= 15 is 0 Å². The van der Waals surface area contributed by atoms with Crippen molar-refractivity contribution in [1.29, 1.82) is 0 Å². The molecule has 2 aromatic heterocycles. The van der Waals surface area contributed by atoms with Crippen LogP contribution in [0.3, 0.4) is 0 Å². The quantitative estimate of drug-likeness (QED) is 0.382. The molecule has 4 rings (SSSR count). The lowest BCUT2D eigenvalue weighted by molar-refractivity contribution is -0.112. The van der Waals surface area contributed by atoms with Crippen LogP contribution in [0.5, 0.6) is 0 Å². The van der Waals surface area contributed by atoms with E-state index in [9.17, 15) is 14.0 Å². The molecular weight excluding hydrogens is 379 g/mol. The first-order valence-electron chi connectivity index (χ1n) is 8.51. The Morgan fingerprint density at radius 1 is 0.929 bits per heavy atom. The third kappa shape index (κ3) is 3.28. The van der Waals surface area contributed by atoms with Gasteiger partial charge in [-0.25, -0.2) is 4.39 Å². The lowest BCUT2D eigenvalue weighted by Gasteiger charge is -2.08. The summed E-state index contributed by atoms with van der Waals surface area (Å²) < 4.78 is 15.5. The lowest BCUT2D eigenvalue weighted by atomic mass is 10.0. The van der Waals surface area contributed by atoms with Crippen LogP contribution in [0.25, 0.3) is 16.6 Å². The maximum absolute atomic E-state index is 13.8. The number of para-hydroxylation sites is 1. The van der Waals surface area contributed by atoms with Crippen molar-refractivity contribution in [3.05, 3.63) is 95.5 Å². The van der Waals surface area contributed by atoms with Gasteiger partial charge in [0.1, 0.15) is 11.5 Å². The Labute approximate surface area is 165 Å². The van der Waals surface area contributed by atoms with E-state index in [1.807, 2.05) is 18.2 Å². The van der Waals surface area contributed by atoms with E-state index < -0.39 is 17.5 Å². The highest BCUT2D eigenvalue weighted by Gasteiger charge is 2.25. The molecule has 6 heteroatoms. The molecule has 0 aliphatic carbocycles. The predicted molar refractivity (Wildman–Crippen MR) is 107 cm³/mol. The molecule has 0 unspecified atom stereocenters. The van der Waals surface area contributed by atoms with Gasteiger partial charge in [0, 0.05) is 22.3 Å². The van der Waals surface area contributed by atoms with Gasteiger partial charge < -0.3 is 9.72 Å². The number of carbonyl (C=O) groups is 2. The number of aromatic nitrogens is 1. The van der Waals surface area contributed by atoms with Gasteiger partial charge in [-0.3, -0.25) is 9.59 Å². The van der Waals surface area contributed by atoms with Crippen LogP contribution in [0.4, 0.5) is 10.1 Å². The van der Waals surface area contributed by atoms with Crippen molar-refractivity contribution < 1.29 is 14.0 Å². The van der Waals surface area contributed by atoms with Gasteiger partial charge in [0.25, 0.3) is 11.7 Å². The molecule has 2 heterocycles. The second-order valence-electron chi connectivity index (χ2n) is 6.17. The third-order valence-electron chi connectivity index (χ3n) is 4.38. The van der Waals surface area contributed by atoms with E-state index in [2.05, 4.69) is 5.32 Å². The summed E-state index contributed by atoms with van der Waals surface area (Å²) in [6.07, 6.45) is 1.71. The lowest BCUT2D eigenvalue weighted by Crippen LogP contribution is -2.25. The molecule has 2 aromatic carbocycles. The van der Waals surface area contributed by atoms with E-state index in [0.29, 0.717) is 10.6 Å². The molecule has 1 amide bonds. The minimum absolute atomic E-state index is 0.0465. The third-order valence-corrected chi connectivity index (χ3v) is 4.63. The first kappa shape index (κ1) is 17.9. The minimum atomic E-state index is -0.913. The van der Waals surface area contributed by atoms with Gasteiger partial charge in [-0.1, -0.05) is 41.9 Å². The summed E-state index contributed by atoms with van der Waals surface area (Å²) in [5.74, 6) is -2.29. The summed E-state index contributed by atoms with van der Waals surface area (Å²) in [5.41, 5.74) is 2.25. The van der Waals surface area contributed by atoms with Crippen LogP contribution in [0.1, 0.15) is 10.5 Å². The second-order valence-corrected chi connectivity index (χ2v) is 6.61. The van der Waals surface area contributed by atoms with Crippen molar-refractivity contribution in [2.24, 2.45) is 0 Å². The Hall–Kier alpha value is -3.44. The number of Topliss-reactive ketones (excluding diaryl/α,β-unsaturated/α-hetero) is 1. The standard InChI is InChI=1S/C22H14ClFN2O2/c23-15-10-8-14(9-11-15)17-13-16-5-3-4-12-26(16)20(17)21(27)22(28)25-19-7-2-1-6-18(19)24/h1-13H,(H,25,28). The average molecular weight is 393 g/mol. The SMILES string of the molecule is O=C(Nc1ccccc1F)C(=O)c1c(-c2ccc(Cl)cc2)cc2ccccn12. The van der Waals surface area contributed by atoms with E-state index in [0.717, 1.165) is 11.1 Å². The molecule has 0 radical (unpaired) electrons. The maximum Gasteiger partial charge on any atom is 0.298 e.